The van der Waals surface area contributed by atoms with Crippen LogP contribution >= 0.6 is 0 Å². The molecular weight excluding hydrogens is 232 g/mol. The first-order chi connectivity index (χ1) is 8.65. The van der Waals surface area contributed by atoms with Gasteiger partial charge in [0.25, 0.3) is 0 Å². The van der Waals surface area contributed by atoms with Gasteiger partial charge in [0.15, 0.2) is 0 Å². The SMILES string of the molecule is CCc1cc(C(=O)O)cc(N(CCO)C2CC2)n1. The molecule has 0 unspecified atom stereocenters. The molecule has 98 valence electrons. The molecule has 2 N–H and O–H groups in total. The Balaban J connectivity index is 2.34. The predicted octanol–water partition coefficient (Wildman–Crippen LogP) is 1.30. The van der Waals surface area contributed by atoms with Crippen molar-refractivity contribution in [3.8, 4) is 0 Å². The summed E-state index contributed by atoms with van der Waals surface area (Å²) in [6.07, 6.45) is 2.87. The number of hydrogen-bond acceptors (Lipinski definition) is 4. The summed E-state index contributed by atoms with van der Waals surface area (Å²) >= 11 is 0. The average Bonchev–Trinajstić information content (AvgIpc) is 3.19. The molecule has 18 heavy (non-hydrogen) atoms. The Bertz CT molecular complexity index is 444. The van der Waals surface area contributed by atoms with E-state index in [9.17, 15) is 4.79 Å². The topological polar surface area (TPSA) is 73.7 Å². The van der Waals surface area contributed by atoms with E-state index in [-0.39, 0.29) is 12.2 Å². The molecule has 2 rings (SSSR count). The Morgan fingerprint density at radius 2 is 2.22 bits per heavy atom. The fourth-order valence-corrected chi connectivity index (χ4v) is 2.00. The van der Waals surface area contributed by atoms with Crippen molar-refractivity contribution in [2.45, 2.75) is 32.2 Å². The Morgan fingerprint density at radius 1 is 1.50 bits per heavy atom. The van der Waals surface area contributed by atoms with Gasteiger partial charge in [-0.1, -0.05) is 6.92 Å². The summed E-state index contributed by atoms with van der Waals surface area (Å²) in [6.45, 7) is 2.51. The van der Waals surface area contributed by atoms with Crippen molar-refractivity contribution in [2.75, 3.05) is 18.1 Å². The van der Waals surface area contributed by atoms with Gasteiger partial charge in [0.05, 0.1) is 12.2 Å². The number of aryl methyl sites for hydroxylation is 1. The number of nitrogens with zero attached hydrogens (tertiary/aromatic N) is 2. The largest absolute Gasteiger partial charge is 0.478 e. The number of carboxylic acid groups (broad SMARTS) is 1. The summed E-state index contributed by atoms with van der Waals surface area (Å²) in [5.74, 6) is -0.267. The molecule has 5 heteroatoms. The number of aromatic nitrogens is 1. The van der Waals surface area contributed by atoms with Crippen LogP contribution in [-0.2, 0) is 6.42 Å². The second-order valence-corrected chi connectivity index (χ2v) is 4.51. The minimum Gasteiger partial charge on any atom is -0.478 e. The van der Waals surface area contributed by atoms with E-state index in [0.29, 0.717) is 24.8 Å². The maximum Gasteiger partial charge on any atom is 0.335 e. The van der Waals surface area contributed by atoms with E-state index in [1.165, 1.54) is 0 Å². The van der Waals surface area contributed by atoms with E-state index in [1.807, 2.05) is 11.8 Å². The molecule has 0 aromatic carbocycles. The van der Waals surface area contributed by atoms with Crippen LogP contribution in [0.1, 0.15) is 35.8 Å². The highest BCUT2D eigenvalue weighted by Gasteiger charge is 2.30. The van der Waals surface area contributed by atoms with Gasteiger partial charge in [0, 0.05) is 18.3 Å². The molecule has 0 aliphatic heterocycles. The van der Waals surface area contributed by atoms with Crippen molar-refractivity contribution in [3.05, 3.63) is 23.4 Å². The number of aromatic carboxylic acids is 1. The molecule has 5 nitrogen and oxygen atoms in total. The number of pyridine rings is 1. The fourth-order valence-electron chi connectivity index (χ4n) is 2.00. The number of carboxylic acids is 1. The summed E-state index contributed by atoms with van der Waals surface area (Å²) in [4.78, 5) is 17.6. The van der Waals surface area contributed by atoms with E-state index in [4.69, 9.17) is 10.2 Å². The van der Waals surface area contributed by atoms with Gasteiger partial charge in [-0.05, 0) is 31.4 Å². The van der Waals surface area contributed by atoms with E-state index in [2.05, 4.69) is 4.98 Å². The zero-order valence-corrected chi connectivity index (χ0v) is 10.5. The zero-order chi connectivity index (χ0) is 13.1. The summed E-state index contributed by atoms with van der Waals surface area (Å²) in [5.41, 5.74) is 1.04. The van der Waals surface area contributed by atoms with Gasteiger partial charge in [-0.3, -0.25) is 0 Å². The first kappa shape index (κ1) is 12.8. The highest BCUT2D eigenvalue weighted by atomic mass is 16.4. The molecule has 0 saturated heterocycles. The lowest BCUT2D eigenvalue weighted by Crippen LogP contribution is -2.30. The van der Waals surface area contributed by atoms with Crippen molar-refractivity contribution in [3.63, 3.8) is 0 Å². The second-order valence-electron chi connectivity index (χ2n) is 4.51. The molecule has 1 aliphatic rings. The first-order valence-corrected chi connectivity index (χ1v) is 6.27. The van der Waals surface area contributed by atoms with Gasteiger partial charge in [0.1, 0.15) is 5.82 Å². The van der Waals surface area contributed by atoms with E-state index in [0.717, 1.165) is 18.5 Å². The van der Waals surface area contributed by atoms with Crippen LogP contribution in [0, 0.1) is 0 Å². The van der Waals surface area contributed by atoms with Gasteiger partial charge in [-0.25, -0.2) is 9.78 Å². The monoisotopic (exact) mass is 250 g/mol. The summed E-state index contributed by atoms with van der Waals surface area (Å²) in [5, 5.41) is 18.2. The number of carbonyl (C=O) groups is 1. The van der Waals surface area contributed by atoms with Crippen molar-refractivity contribution in [1.29, 1.82) is 0 Å². The van der Waals surface area contributed by atoms with Crippen LogP contribution in [0.25, 0.3) is 0 Å². The highest BCUT2D eigenvalue weighted by molar-refractivity contribution is 5.88. The summed E-state index contributed by atoms with van der Waals surface area (Å²) in [6, 6.07) is 3.60. The third-order valence-electron chi connectivity index (χ3n) is 3.10. The van der Waals surface area contributed by atoms with Crippen molar-refractivity contribution in [2.24, 2.45) is 0 Å². The minimum atomic E-state index is -0.937. The fraction of sp³-hybridized carbons (Fsp3) is 0.538. The Hall–Kier alpha value is -1.62. The third-order valence-corrected chi connectivity index (χ3v) is 3.10. The molecule has 1 fully saturated rings. The van der Waals surface area contributed by atoms with E-state index < -0.39 is 5.97 Å². The maximum atomic E-state index is 11.1. The van der Waals surface area contributed by atoms with Crippen molar-refractivity contribution >= 4 is 11.8 Å². The Kier molecular flexibility index (Phi) is 3.81. The normalized spacial score (nSPS) is 14.6. The molecule has 0 radical (unpaired) electrons. The zero-order valence-electron chi connectivity index (χ0n) is 10.5. The maximum absolute atomic E-state index is 11.1. The molecule has 1 heterocycles. The van der Waals surface area contributed by atoms with Crippen LogP contribution in [0.15, 0.2) is 12.1 Å². The van der Waals surface area contributed by atoms with Crippen LogP contribution in [0.4, 0.5) is 5.82 Å². The van der Waals surface area contributed by atoms with Crippen LogP contribution in [-0.4, -0.2) is 40.4 Å². The van der Waals surface area contributed by atoms with Gasteiger partial charge < -0.3 is 15.1 Å². The standard InChI is InChI=1S/C13H18N2O3/c1-2-10-7-9(13(17)18)8-12(14-10)15(5-6-16)11-3-4-11/h7-8,11,16H,2-6H2,1H3,(H,17,18). The second kappa shape index (κ2) is 5.35. The molecule has 1 aromatic rings. The van der Waals surface area contributed by atoms with Gasteiger partial charge in [-0.15, -0.1) is 0 Å². The third kappa shape index (κ3) is 2.79. The van der Waals surface area contributed by atoms with Crippen LogP contribution in [0.5, 0.6) is 0 Å². The summed E-state index contributed by atoms with van der Waals surface area (Å²) in [7, 11) is 0. The lowest BCUT2D eigenvalue weighted by Gasteiger charge is -2.23. The molecular formula is C13H18N2O3. The van der Waals surface area contributed by atoms with Gasteiger partial charge in [-0.2, -0.15) is 0 Å². The lowest BCUT2D eigenvalue weighted by molar-refractivity contribution is 0.0696. The van der Waals surface area contributed by atoms with E-state index in [1.54, 1.807) is 12.1 Å². The molecule has 0 atom stereocenters. The first-order valence-electron chi connectivity index (χ1n) is 6.27. The Morgan fingerprint density at radius 3 is 2.72 bits per heavy atom. The van der Waals surface area contributed by atoms with Crippen molar-refractivity contribution < 1.29 is 15.0 Å². The van der Waals surface area contributed by atoms with Crippen LogP contribution in [0.2, 0.25) is 0 Å². The number of anilines is 1. The number of rotatable bonds is 6. The Labute approximate surface area is 106 Å². The molecule has 0 amide bonds. The quantitative estimate of drug-likeness (QED) is 0.796. The highest BCUT2D eigenvalue weighted by Crippen LogP contribution is 2.31. The summed E-state index contributed by atoms with van der Waals surface area (Å²) < 4.78 is 0. The smallest absolute Gasteiger partial charge is 0.335 e. The molecule has 1 aliphatic carbocycles. The van der Waals surface area contributed by atoms with Crippen molar-refractivity contribution in [1.82, 2.24) is 4.98 Å². The number of aliphatic hydroxyl groups is 1. The predicted molar refractivity (Wildman–Crippen MR) is 68.0 cm³/mol. The number of aliphatic hydroxyl groups excluding tert-OH is 1. The minimum absolute atomic E-state index is 0.0525. The number of hydrogen-bond donors (Lipinski definition) is 2. The average molecular weight is 250 g/mol. The van der Waals surface area contributed by atoms with Gasteiger partial charge >= 0.3 is 5.97 Å². The van der Waals surface area contributed by atoms with Crippen LogP contribution in [0.3, 0.4) is 0 Å². The van der Waals surface area contributed by atoms with Crippen LogP contribution < -0.4 is 4.90 Å². The van der Waals surface area contributed by atoms with E-state index >= 15 is 0 Å². The lowest BCUT2D eigenvalue weighted by atomic mass is 10.2. The molecule has 0 bridgehead atoms. The molecule has 1 saturated carbocycles. The molecule has 0 spiro atoms. The molecule has 1 aromatic heterocycles. The van der Waals surface area contributed by atoms with Gasteiger partial charge in [0.2, 0.25) is 0 Å².